The van der Waals surface area contributed by atoms with Crippen LogP contribution in [-0.4, -0.2) is 24.5 Å². The van der Waals surface area contributed by atoms with Gasteiger partial charge in [-0.05, 0) is 67.4 Å². The number of nitrogens with one attached hydrogen (secondary N) is 1. The van der Waals surface area contributed by atoms with Crippen molar-refractivity contribution in [3.05, 3.63) is 77.9 Å². The van der Waals surface area contributed by atoms with Gasteiger partial charge in [-0.25, -0.2) is 0 Å². The van der Waals surface area contributed by atoms with Gasteiger partial charge in [0.15, 0.2) is 6.10 Å². The third-order valence-corrected chi connectivity index (χ3v) is 6.31. The highest BCUT2D eigenvalue weighted by Crippen LogP contribution is 2.34. The molecule has 1 N–H and O–H groups in total. The summed E-state index contributed by atoms with van der Waals surface area (Å²) in [6, 6.07) is 21.4. The summed E-state index contributed by atoms with van der Waals surface area (Å²) < 4.78 is 5.86. The van der Waals surface area contributed by atoms with E-state index in [0.717, 1.165) is 4.90 Å². The van der Waals surface area contributed by atoms with Crippen LogP contribution in [0.1, 0.15) is 18.1 Å². The highest BCUT2D eigenvalue weighted by Gasteiger charge is 2.32. The number of carbonyl (C=O) groups excluding carboxylic acids is 2. The molecule has 5 nitrogen and oxygen atoms in total. The maximum Gasteiger partial charge on any atom is 0.267 e. The summed E-state index contributed by atoms with van der Waals surface area (Å²) in [7, 11) is 0. The van der Waals surface area contributed by atoms with E-state index < -0.39 is 6.10 Å². The zero-order chi connectivity index (χ0) is 22.0. The molecule has 0 spiro atoms. The van der Waals surface area contributed by atoms with Crippen molar-refractivity contribution >= 4 is 35.0 Å². The monoisotopic (exact) mass is 432 g/mol. The van der Waals surface area contributed by atoms with E-state index in [9.17, 15) is 9.59 Å². The van der Waals surface area contributed by atoms with Gasteiger partial charge in [-0.2, -0.15) is 0 Å². The molecule has 31 heavy (non-hydrogen) atoms. The fraction of sp³-hybridized carbons (Fsp3) is 0.200. The Labute approximate surface area is 186 Å². The largest absolute Gasteiger partial charge is 0.476 e. The maximum atomic E-state index is 12.8. The summed E-state index contributed by atoms with van der Waals surface area (Å²) in [6.07, 6.45) is -0.775. The quantitative estimate of drug-likeness (QED) is 0.615. The number of fused-ring (bicyclic) bond motifs is 1. The van der Waals surface area contributed by atoms with Crippen LogP contribution in [0.2, 0.25) is 0 Å². The molecular weight excluding hydrogens is 408 g/mol. The summed E-state index contributed by atoms with van der Waals surface area (Å²) in [5, 5.41) is 2.90. The minimum atomic E-state index is -0.775. The van der Waals surface area contributed by atoms with Crippen LogP contribution in [0.15, 0.2) is 76.5 Å². The highest BCUT2D eigenvalue weighted by molar-refractivity contribution is 7.99. The molecule has 0 saturated carbocycles. The fourth-order valence-corrected chi connectivity index (χ4v) is 4.44. The Morgan fingerprint density at radius 1 is 1.03 bits per heavy atom. The molecule has 158 valence electrons. The van der Waals surface area contributed by atoms with Crippen molar-refractivity contribution < 1.29 is 14.3 Å². The van der Waals surface area contributed by atoms with Gasteiger partial charge in [0.05, 0.1) is 12.2 Å². The van der Waals surface area contributed by atoms with Crippen LogP contribution in [0.3, 0.4) is 0 Å². The summed E-state index contributed by atoms with van der Waals surface area (Å²) in [5.41, 5.74) is 3.84. The van der Waals surface area contributed by atoms with E-state index in [2.05, 4.69) is 37.4 Å². The van der Waals surface area contributed by atoms with Crippen molar-refractivity contribution in [2.24, 2.45) is 0 Å². The topological polar surface area (TPSA) is 58.6 Å². The first-order valence-corrected chi connectivity index (χ1v) is 10.9. The standard InChI is InChI=1S/C25H24N2O3S/c1-16-8-9-17(2)24(14-16)31-20-12-10-19(11-13-20)26-25(29)23-15-27(18(3)28)21-6-4-5-7-22(21)30-23/h4-14,23H,15H2,1-3H3,(H,26,29). The molecule has 1 aliphatic rings. The first-order chi connectivity index (χ1) is 14.9. The maximum absolute atomic E-state index is 12.8. The van der Waals surface area contributed by atoms with Gasteiger partial charge in [0.2, 0.25) is 5.91 Å². The van der Waals surface area contributed by atoms with Gasteiger partial charge >= 0.3 is 0 Å². The van der Waals surface area contributed by atoms with Crippen LogP contribution < -0.4 is 15.0 Å². The molecule has 0 fully saturated rings. The molecule has 0 aromatic heterocycles. The summed E-state index contributed by atoms with van der Waals surface area (Å²) in [4.78, 5) is 28.8. The van der Waals surface area contributed by atoms with Gasteiger partial charge in [0, 0.05) is 22.4 Å². The number of ether oxygens (including phenoxy) is 1. The van der Waals surface area contributed by atoms with E-state index in [1.165, 1.54) is 22.9 Å². The van der Waals surface area contributed by atoms with Gasteiger partial charge in [-0.3, -0.25) is 9.59 Å². The van der Waals surface area contributed by atoms with Crippen molar-refractivity contribution in [2.75, 3.05) is 16.8 Å². The molecular formula is C25H24N2O3S. The molecule has 1 aliphatic heterocycles. The van der Waals surface area contributed by atoms with Crippen molar-refractivity contribution in [3.8, 4) is 5.75 Å². The number of aryl methyl sites for hydroxylation is 2. The molecule has 6 heteroatoms. The Bertz CT molecular complexity index is 1130. The number of rotatable bonds is 4. The minimum Gasteiger partial charge on any atom is -0.476 e. The molecule has 1 unspecified atom stereocenters. The summed E-state index contributed by atoms with van der Waals surface area (Å²) in [5.74, 6) is 0.126. The number of anilines is 2. The van der Waals surface area contributed by atoms with Gasteiger partial charge < -0.3 is 15.0 Å². The van der Waals surface area contributed by atoms with Crippen LogP contribution in [0.5, 0.6) is 5.75 Å². The average Bonchev–Trinajstić information content (AvgIpc) is 2.76. The normalized spacial score (nSPS) is 15.1. The molecule has 0 aliphatic carbocycles. The van der Waals surface area contributed by atoms with E-state index in [-0.39, 0.29) is 18.4 Å². The van der Waals surface area contributed by atoms with E-state index in [0.29, 0.717) is 17.1 Å². The molecule has 3 aromatic rings. The lowest BCUT2D eigenvalue weighted by Crippen LogP contribution is -2.48. The Hall–Kier alpha value is -3.25. The lowest BCUT2D eigenvalue weighted by molar-refractivity contribution is -0.123. The third kappa shape index (κ3) is 4.75. The molecule has 1 atom stereocenters. The highest BCUT2D eigenvalue weighted by atomic mass is 32.2. The molecule has 0 saturated heterocycles. The van der Waals surface area contributed by atoms with Crippen molar-refractivity contribution in [1.29, 1.82) is 0 Å². The average molecular weight is 433 g/mol. The lowest BCUT2D eigenvalue weighted by atomic mass is 10.1. The van der Waals surface area contributed by atoms with Crippen LogP contribution in [0.25, 0.3) is 0 Å². The van der Waals surface area contributed by atoms with E-state index >= 15 is 0 Å². The number of nitrogens with zero attached hydrogens (tertiary/aromatic N) is 1. The Morgan fingerprint density at radius 3 is 2.52 bits per heavy atom. The second-order valence-corrected chi connectivity index (χ2v) is 8.70. The third-order valence-electron chi connectivity index (χ3n) is 5.14. The predicted octanol–water partition coefficient (Wildman–Crippen LogP) is 5.21. The Balaban J connectivity index is 1.44. The number of hydrogen-bond donors (Lipinski definition) is 1. The number of benzene rings is 3. The molecule has 0 radical (unpaired) electrons. The van der Waals surface area contributed by atoms with Gasteiger partial charge in [-0.1, -0.05) is 36.0 Å². The number of hydrogen-bond acceptors (Lipinski definition) is 4. The van der Waals surface area contributed by atoms with Crippen molar-refractivity contribution in [3.63, 3.8) is 0 Å². The van der Waals surface area contributed by atoms with Crippen LogP contribution >= 0.6 is 11.8 Å². The molecule has 1 heterocycles. The molecule has 4 rings (SSSR count). The van der Waals surface area contributed by atoms with Gasteiger partial charge in [0.25, 0.3) is 5.91 Å². The molecule has 3 aromatic carbocycles. The lowest BCUT2D eigenvalue weighted by Gasteiger charge is -2.33. The minimum absolute atomic E-state index is 0.124. The van der Waals surface area contributed by atoms with Crippen LogP contribution in [0, 0.1) is 13.8 Å². The number of carbonyl (C=O) groups is 2. The summed E-state index contributed by atoms with van der Waals surface area (Å²) >= 11 is 1.70. The Kier molecular flexibility index (Phi) is 6.00. The van der Waals surface area contributed by atoms with Crippen molar-refractivity contribution in [2.45, 2.75) is 36.7 Å². The smallest absolute Gasteiger partial charge is 0.267 e. The summed E-state index contributed by atoms with van der Waals surface area (Å²) in [6.45, 7) is 5.85. The Morgan fingerprint density at radius 2 is 1.77 bits per heavy atom. The van der Waals surface area contributed by atoms with E-state index in [1.807, 2.05) is 42.5 Å². The van der Waals surface area contributed by atoms with Gasteiger partial charge in [-0.15, -0.1) is 0 Å². The van der Waals surface area contributed by atoms with E-state index in [4.69, 9.17) is 4.74 Å². The van der Waals surface area contributed by atoms with Crippen LogP contribution in [0.4, 0.5) is 11.4 Å². The SMILES string of the molecule is CC(=O)N1CC(C(=O)Nc2ccc(Sc3cc(C)ccc3C)cc2)Oc2ccccc21. The zero-order valence-corrected chi connectivity index (χ0v) is 18.5. The number of amides is 2. The van der Waals surface area contributed by atoms with Crippen LogP contribution in [-0.2, 0) is 9.59 Å². The second-order valence-electron chi connectivity index (χ2n) is 7.59. The zero-order valence-electron chi connectivity index (χ0n) is 17.7. The van der Waals surface area contributed by atoms with Crippen molar-refractivity contribution in [1.82, 2.24) is 0 Å². The second kappa shape index (κ2) is 8.86. The first-order valence-electron chi connectivity index (χ1n) is 10.1. The predicted molar refractivity (Wildman–Crippen MR) is 124 cm³/mol. The fourth-order valence-electron chi connectivity index (χ4n) is 3.44. The molecule has 2 amide bonds. The first kappa shape index (κ1) is 21.0. The van der Waals surface area contributed by atoms with Gasteiger partial charge in [0.1, 0.15) is 5.75 Å². The molecule has 0 bridgehead atoms. The number of para-hydroxylation sites is 2. The van der Waals surface area contributed by atoms with E-state index in [1.54, 1.807) is 22.7 Å².